The molecule has 1 saturated heterocycles. The van der Waals surface area contributed by atoms with Crippen LogP contribution in [-0.4, -0.2) is 60.9 Å². The van der Waals surface area contributed by atoms with E-state index in [-0.39, 0.29) is 29.9 Å². The van der Waals surface area contributed by atoms with Crippen molar-refractivity contribution in [3.63, 3.8) is 0 Å². The van der Waals surface area contributed by atoms with Crippen molar-refractivity contribution in [3.05, 3.63) is 65.7 Å². The van der Waals surface area contributed by atoms with Crippen molar-refractivity contribution < 1.29 is 9.53 Å². The van der Waals surface area contributed by atoms with Crippen molar-refractivity contribution >= 4 is 35.8 Å². The monoisotopic (exact) mass is 536 g/mol. The number of piperazine rings is 1. The van der Waals surface area contributed by atoms with E-state index in [2.05, 4.69) is 41.4 Å². The third-order valence-corrected chi connectivity index (χ3v) is 5.19. The average molecular weight is 536 g/mol. The van der Waals surface area contributed by atoms with Gasteiger partial charge >= 0.3 is 0 Å². The molecule has 1 aliphatic rings. The zero-order valence-electron chi connectivity index (χ0n) is 18.4. The van der Waals surface area contributed by atoms with E-state index < -0.39 is 0 Å². The SMILES string of the molecule is CCNC(=NCCc1ccc(OCc2ccccc2)cc1)N1CCN(C(C)=O)CC1.I. The highest BCUT2D eigenvalue weighted by molar-refractivity contribution is 14.0. The number of benzene rings is 2. The summed E-state index contributed by atoms with van der Waals surface area (Å²) in [5.41, 5.74) is 2.40. The van der Waals surface area contributed by atoms with E-state index in [1.165, 1.54) is 5.56 Å². The molecule has 2 aromatic rings. The van der Waals surface area contributed by atoms with Crippen LogP contribution in [0.25, 0.3) is 0 Å². The van der Waals surface area contributed by atoms with Gasteiger partial charge in [-0.15, -0.1) is 24.0 Å². The molecule has 1 heterocycles. The van der Waals surface area contributed by atoms with Crippen molar-refractivity contribution in [1.29, 1.82) is 0 Å². The van der Waals surface area contributed by atoms with Crippen LogP contribution < -0.4 is 10.1 Å². The van der Waals surface area contributed by atoms with Gasteiger partial charge in [0.25, 0.3) is 0 Å². The van der Waals surface area contributed by atoms with E-state index in [1.54, 1.807) is 6.92 Å². The molecule has 168 valence electrons. The van der Waals surface area contributed by atoms with Gasteiger partial charge in [0.2, 0.25) is 5.91 Å². The van der Waals surface area contributed by atoms with Gasteiger partial charge in [0.15, 0.2) is 5.96 Å². The van der Waals surface area contributed by atoms with Gasteiger partial charge in [-0.2, -0.15) is 0 Å². The summed E-state index contributed by atoms with van der Waals surface area (Å²) < 4.78 is 5.85. The molecule has 0 saturated carbocycles. The molecule has 1 fully saturated rings. The molecule has 6 nitrogen and oxygen atoms in total. The summed E-state index contributed by atoms with van der Waals surface area (Å²) in [5.74, 6) is 1.96. The van der Waals surface area contributed by atoms with Gasteiger partial charge < -0.3 is 19.9 Å². The van der Waals surface area contributed by atoms with E-state index in [0.717, 1.165) is 63.0 Å². The van der Waals surface area contributed by atoms with Crippen molar-refractivity contribution in [3.8, 4) is 5.75 Å². The highest BCUT2D eigenvalue weighted by atomic mass is 127. The Bertz CT molecular complexity index is 819. The number of hydrogen-bond donors (Lipinski definition) is 1. The predicted molar refractivity (Wildman–Crippen MR) is 136 cm³/mol. The first-order valence-electron chi connectivity index (χ1n) is 10.7. The van der Waals surface area contributed by atoms with Crippen LogP contribution >= 0.6 is 24.0 Å². The van der Waals surface area contributed by atoms with Crippen LogP contribution in [0, 0.1) is 0 Å². The minimum Gasteiger partial charge on any atom is -0.489 e. The molecule has 0 spiro atoms. The second kappa shape index (κ2) is 13.2. The summed E-state index contributed by atoms with van der Waals surface area (Å²) in [5, 5.41) is 3.38. The number of carbonyl (C=O) groups is 1. The lowest BCUT2D eigenvalue weighted by Crippen LogP contribution is -2.53. The first-order valence-corrected chi connectivity index (χ1v) is 10.7. The molecule has 0 unspecified atom stereocenters. The number of aliphatic imine (C=N–C) groups is 1. The molecule has 0 radical (unpaired) electrons. The number of rotatable bonds is 7. The Morgan fingerprint density at radius 2 is 1.61 bits per heavy atom. The van der Waals surface area contributed by atoms with E-state index in [0.29, 0.717) is 6.61 Å². The largest absolute Gasteiger partial charge is 0.489 e. The number of guanidine groups is 1. The minimum absolute atomic E-state index is 0. The lowest BCUT2D eigenvalue weighted by atomic mass is 10.1. The number of hydrogen-bond acceptors (Lipinski definition) is 3. The predicted octanol–water partition coefficient (Wildman–Crippen LogP) is 3.56. The topological polar surface area (TPSA) is 57.2 Å². The smallest absolute Gasteiger partial charge is 0.219 e. The normalized spacial score (nSPS) is 14.1. The number of ether oxygens (including phenoxy) is 1. The first kappa shape index (κ1) is 25.0. The summed E-state index contributed by atoms with van der Waals surface area (Å²) in [7, 11) is 0. The van der Waals surface area contributed by atoms with Gasteiger partial charge in [0, 0.05) is 46.2 Å². The fourth-order valence-corrected chi connectivity index (χ4v) is 3.44. The van der Waals surface area contributed by atoms with Gasteiger partial charge in [-0.05, 0) is 36.6 Å². The second-order valence-corrected chi connectivity index (χ2v) is 7.40. The van der Waals surface area contributed by atoms with E-state index in [1.807, 2.05) is 35.2 Å². The van der Waals surface area contributed by atoms with Gasteiger partial charge in [0.05, 0.1) is 0 Å². The maximum Gasteiger partial charge on any atom is 0.219 e. The lowest BCUT2D eigenvalue weighted by Gasteiger charge is -2.36. The standard InChI is InChI=1S/C24H32N4O2.HI/c1-3-25-24(28-17-15-27(16-18-28)20(2)29)26-14-13-21-9-11-23(12-10-21)30-19-22-7-5-4-6-8-22;/h4-12H,3,13-19H2,1-2H3,(H,25,26);1H. The van der Waals surface area contributed by atoms with Crippen LogP contribution in [0.2, 0.25) is 0 Å². The highest BCUT2D eigenvalue weighted by Gasteiger charge is 2.20. The highest BCUT2D eigenvalue weighted by Crippen LogP contribution is 2.15. The molecule has 2 aromatic carbocycles. The third-order valence-electron chi connectivity index (χ3n) is 5.19. The number of carbonyl (C=O) groups excluding carboxylic acids is 1. The molecule has 1 amide bonds. The Labute approximate surface area is 202 Å². The summed E-state index contributed by atoms with van der Waals surface area (Å²) in [6.45, 7) is 8.99. The van der Waals surface area contributed by atoms with Crippen LogP contribution in [-0.2, 0) is 17.8 Å². The van der Waals surface area contributed by atoms with E-state index >= 15 is 0 Å². The quantitative estimate of drug-likeness (QED) is 0.334. The van der Waals surface area contributed by atoms with E-state index in [4.69, 9.17) is 9.73 Å². The van der Waals surface area contributed by atoms with Gasteiger partial charge in [0.1, 0.15) is 12.4 Å². The fourth-order valence-electron chi connectivity index (χ4n) is 3.44. The van der Waals surface area contributed by atoms with Crippen LogP contribution in [0.1, 0.15) is 25.0 Å². The van der Waals surface area contributed by atoms with Crippen molar-refractivity contribution in [2.24, 2.45) is 4.99 Å². The molecule has 0 bridgehead atoms. The van der Waals surface area contributed by atoms with Crippen LogP contribution in [0.5, 0.6) is 5.75 Å². The summed E-state index contributed by atoms with van der Waals surface area (Å²) in [6.07, 6.45) is 0.876. The molecule has 0 atom stereocenters. The number of amides is 1. The average Bonchev–Trinajstić information content (AvgIpc) is 2.79. The molecule has 1 aliphatic heterocycles. The molecule has 31 heavy (non-hydrogen) atoms. The molecule has 0 aliphatic carbocycles. The molecular formula is C24H33IN4O2. The Morgan fingerprint density at radius 1 is 0.968 bits per heavy atom. The van der Waals surface area contributed by atoms with Crippen molar-refractivity contribution in [1.82, 2.24) is 15.1 Å². The summed E-state index contributed by atoms with van der Waals surface area (Å²) in [4.78, 5) is 20.4. The molecule has 3 rings (SSSR count). The number of nitrogens with zero attached hydrogens (tertiary/aromatic N) is 3. The Balaban J connectivity index is 0.00000341. The minimum atomic E-state index is 0. The lowest BCUT2D eigenvalue weighted by molar-refractivity contribution is -0.130. The summed E-state index contributed by atoms with van der Waals surface area (Å²) in [6, 6.07) is 18.4. The van der Waals surface area contributed by atoms with Gasteiger partial charge in [-0.1, -0.05) is 42.5 Å². The Kier molecular flexibility index (Phi) is 10.6. The second-order valence-electron chi connectivity index (χ2n) is 7.40. The zero-order chi connectivity index (χ0) is 21.2. The van der Waals surface area contributed by atoms with Gasteiger partial charge in [-0.25, -0.2) is 0 Å². The van der Waals surface area contributed by atoms with Crippen molar-refractivity contribution in [2.45, 2.75) is 26.9 Å². The number of nitrogens with one attached hydrogen (secondary N) is 1. The fraction of sp³-hybridized carbons (Fsp3) is 0.417. The molecule has 0 aromatic heterocycles. The maximum absolute atomic E-state index is 11.5. The molecular weight excluding hydrogens is 503 g/mol. The maximum atomic E-state index is 11.5. The van der Waals surface area contributed by atoms with Gasteiger partial charge in [-0.3, -0.25) is 9.79 Å². The van der Waals surface area contributed by atoms with Crippen LogP contribution in [0.15, 0.2) is 59.6 Å². The number of halogens is 1. The first-order chi connectivity index (χ1) is 14.7. The molecule has 7 heteroatoms. The zero-order valence-corrected chi connectivity index (χ0v) is 20.7. The van der Waals surface area contributed by atoms with E-state index in [9.17, 15) is 4.79 Å². The summed E-state index contributed by atoms with van der Waals surface area (Å²) >= 11 is 0. The Morgan fingerprint density at radius 3 is 2.23 bits per heavy atom. The van der Waals surface area contributed by atoms with Crippen molar-refractivity contribution in [2.75, 3.05) is 39.3 Å². The molecule has 1 N–H and O–H groups in total. The Hall–Kier alpha value is -2.29. The van der Waals surface area contributed by atoms with Crippen LogP contribution in [0.3, 0.4) is 0 Å². The third kappa shape index (κ3) is 8.05. The van der Waals surface area contributed by atoms with Crippen LogP contribution in [0.4, 0.5) is 0 Å².